The summed E-state index contributed by atoms with van der Waals surface area (Å²) in [5.41, 5.74) is 1.65. The molecule has 1 amide bonds. The van der Waals surface area contributed by atoms with Crippen LogP contribution in [-0.2, 0) is 14.8 Å². The molecule has 0 heterocycles. The van der Waals surface area contributed by atoms with E-state index in [0.29, 0.717) is 5.75 Å². The van der Waals surface area contributed by atoms with Gasteiger partial charge < -0.3 is 10.1 Å². The summed E-state index contributed by atoms with van der Waals surface area (Å²) in [7, 11) is -4.18. The van der Waals surface area contributed by atoms with Crippen molar-refractivity contribution in [2.45, 2.75) is 31.7 Å². The molecule has 0 aliphatic heterocycles. The van der Waals surface area contributed by atoms with Gasteiger partial charge in [0, 0.05) is 0 Å². The second-order valence-corrected chi connectivity index (χ2v) is 9.68. The zero-order valence-electron chi connectivity index (χ0n) is 18.8. The summed E-state index contributed by atoms with van der Waals surface area (Å²) in [6, 6.07) is 18.8. The van der Waals surface area contributed by atoms with Gasteiger partial charge in [0.25, 0.3) is 10.0 Å². The summed E-state index contributed by atoms with van der Waals surface area (Å²) in [5.74, 6) is -0.611. The Bertz CT molecular complexity index is 1210. The number of amides is 1. The standard InChI is InChI=1S/C25H27FN2O4S/c1-18-12-14-21(15-13-18)33(30,31)28(23-10-6-5-9-22(23)26)16-25(29)27-20(3)17-32-24-11-7-4-8-19(24)2/h4-15,20H,16-17H2,1-3H3,(H,27,29). The zero-order valence-corrected chi connectivity index (χ0v) is 19.6. The van der Waals surface area contributed by atoms with E-state index in [9.17, 15) is 17.6 Å². The smallest absolute Gasteiger partial charge is 0.264 e. The molecule has 0 fully saturated rings. The molecule has 3 rings (SSSR count). The molecule has 0 saturated heterocycles. The van der Waals surface area contributed by atoms with Gasteiger partial charge in [0.2, 0.25) is 5.91 Å². The van der Waals surface area contributed by atoms with Gasteiger partial charge in [-0.25, -0.2) is 12.8 Å². The fourth-order valence-electron chi connectivity index (χ4n) is 3.22. The summed E-state index contributed by atoms with van der Waals surface area (Å²) in [6.45, 7) is 5.12. The van der Waals surface area contributed by atoms with Crippen LogP contribution in [0, 0.1) is 19.7 Å². The van der Waals surface area contributed by atoms with Crippen LogP contribution in [0.2, 0.25) is 0 Å². The van der Waals surface area contributed by atoms with Crippen LogP contribution in [0.5, 0.6) is 5.75 Å². The number of anilines is 1. The van der Waals surface area contributed by atoms with Crippen LogP contribution < -0.4 is 14.4 Å². The first kappa shape index (κ1) is 24.3. The molecule has 0 bridgehead atoms. The van der Waals surface area contributed by atoms with Crippen molar-refractivity contribution in [1.82, 2.24) is 5.32 Å². The van der Waals surface area contributed by atoms with Crippen molar-refractivity contribution in [2.75, 3.05) is 17.5 Å². The fourth-order valence-corrected chi connectivity index (χ4v) is 4.65. The maximum atomic E-state index is 14.6. The van der Waals surface area contributed by atoms with Crippen LogP contribution in [0.25, 0.3) is 0 Å². The molecule has 0 aromatic heterocycles. The summed E-state index contributed by atoms with van der Waals surface area (Å²) in [5, 5.41) is 2.73. The molecule has 1 unspecified atom stereocenters. The van der Waals surface area contributed by atoms with Crippen molar-refractivity contribution in [1.29, 1.82) is 0 Å². The number of sulfonamides is 1. The molecule has 0 spiro atoms. The lowest BCUT2D eigenvalue weighted by molar-refractivity contribution is -0.120. The van der Waals surface area contributed by atoms with E-state index in [-0.39, 0.29) is 17.2 Å². The lowest BCUT2D eigenvalue weighted by Crippen LogP contribution is -2.45. The van der Waals surface area contributed by atoms with Crippen LogP contribution in [0.1, 0.15) is 18.1 Å². The van der Waals surface area contributed by atoms with E-state index in [1.54, 1.807) is 19.1 Å². The van der Waals surface area contributed by atoms with Crippen molar-refractivity contribution in [3.63, 3.8) is 0 Å². The molecule has 1 atom stereocenters. The number of para-hydroxylation sites is 2. The number of aryl methyl sites for hydroxylation is 2. The van der Waals surface area contributed by atoms with Gasteiger partial charge >= 0.3 is 0 Å². The van der Waals surface area contributed by atoms with Crippen LogP contribution in [-0.4, -0.2) is 33.5 Å². The molecule has 1 N–H and O–H groups in total. The van der Waals surface area contributed by atoms with Crippen LogP contribution in [0.4, 0.5) is 10.1 Å². The van der Waals surface area contributed by atoms with Gasteiger partial charge in [-0.1, -0.05) is 48.0 Å². The molecule has 3 aromatic rings. The van der Waals surface area contributed by atoms with Gasteiger partial charge in [-0.15, -0.1) is 0 Å². The van der Waals surface area contributed by atoms with Gasteiger partial charge in [0.15, 0.2) is 0 Å². The molecule has 0 aliphatic rings. The molecular weight excluding hydrogens is 443 g/mol. The van der Waals surface area contributed by atoms with Gasteiger partial charge in [-0.3, -0.25) is 9.10 Å². The van der Waals surface area contributed by atoms with E-state index in [1.807, 2.05) is 38.1 Å². The quantitative estimate of drug-likeness (QED) is 0.508. The van der Waals surface area contributed by atoms with Gasteiger partial charge in [-0.05, 0) is 56.7 Å². The topological polar surface area (TPSA) is 75.7 Å². The first-order chi connectivity index (χ1) is 15.7. The average molecular weight is 471 g/mol. The average Bonchev–Trinajstić information content (AvgIpc) is 2.78. The summed E-state index contributed by atoms with van der Waals surface area (Å²) >= 11 is 0. The van der Waals surface area contributed by atoms with Crippen molar-refractivity contribution in [3.05, 3.63) is 89.7 Å². The highest BCUT2D eigenvalue weighted by Gasteiger charge is 2.29. The minimum Gasteiger partial charge on any atom is -0.491 e. The highest BCUT2D eigenvalue weighted by atomic mass is 32.2. The summed E-state index contributed by atoms with van der Waals surface area (Å²) in [6.07, 6.45) is 0. The molecular formula is C25H27FN2O4S. The summed E-state index contributed by atoms with van der Waals surface area (Å²) in [4.78, 5) is 12.7. The number of rotatable bonds is 9. The predicted octanol–water partition coefficient (Wildman–Crippen LogP) is 4.22. The van der Waals surface area contributed by atoms with Crippen molar-refractivity contribution < 1.29 is 22.3 Å². The van der Waals surface area contributed by atoms with E-state index in [1.165, 1.54) is 30.3 Å². The monoisotopic (exact) mass is 470 g/mol. The maximum absolute atomic E-state index is 14.6. The molecule has 8 heteroatoms. The Balaban J connectivity index is 1.77. The highest BCUT2D eigenvalue weighted by molar-refractivity contribution is 7.92. The number of hydrogen-bond donors (Lipinski definition) is 1. The number of nitrogens with one attached hydrogen (secondary N) is 1. The molecule has 174 valence electrons. The first-order valence-corrected chi connectivity index (χ1v) is 11.9. The van der Waals surface area contributed by atoms with Crippen molar-refractivity contribution in [2.24, 2.45) is 0 Å². The molecule has 6 nitrogen and oxygen atoms in total. The first-order valence-electron chi connectivity index (χ1n) is 10.5. The van der Waals surface area contributed by atoms with Crippen molar-refractivity contribution >= 4 is 21.6 Å². The van der Waals surface area contributed by atoms with E-state index in [4.69, 9.17) is 4.74 Å². The van der Waals surface area contributed by atoms with Gasteiger partial charge in [0.05, 0.1) is 16.6 Å². The third-order valence-electron chi connectivity index (χ3n) is 5.01. The lowest BCUT2D eigenvalue weighted by Gasteiger charge is -2.25. The molecule has 0 aliphatic carbocycles. The number of halogens is 1. The third-order valence-corrected chi connectivity index (χ3v) is 6.78. The number of nitrogens with zero attached hydrogens (tertiary/aromatic N) is 1. The highest BCUT2D eigenvalue weighted by Crippen LogP contribution is 2.26. The van der Waals surface area contributed by atoms with E-state index in [2.05, 4.69) is 5.32 Å². The van der Waals surface area contributed by atoms with E-state index in [0.717, 1.165) is 21.5 Å². The fraction of sp³-hybridized carbons (Fsp3) is 0.240. The van der Waals surface area contributed by atoms with Crippen LogP contribution >= 0.6 is 0 Å². The number of ether oxygens (including phenoxy) is 1. The molecule has 3 aromatic carbocycles. The Morgan fingerprint density at radius 1 is 1.00 bits per heavy atom. The van der Waals surface area contributed by atoms with Gasteiger partial charge in [-0.2, -0.15) is 0 Å². The number of hydrogen-bond acceptors (Lipinski definition) is 4. The SMILES string of the molecule is Cc1ccc(S(=O)(=O)N(CC(=O)NC(C)COc2ccccc2C)c2ccccc2F)cc1. The second kappa shape index (κ2) is 10.5. The number of carbonyl (C=O) groups is 1. The zero-order chi connectivity index (χ0) is 24.0. The van der Waals surface area contributed by atoms with E-state index >= 15 is 0 Å². The van der Waals surface area contributed by atoms with E-state index < -0.39 is 34.3 Å². The summed E-state index contributed by atoms with van der Waals surface area (Å²) < 4.78 is 47.7. The van der Waals surface area contributed by atoms with Crippen LogP contribution in [0.15, 0.2) is 77.7 Å². The maximum Gasteiger partial charge on any atom is 0.264 e. The van der Waals surface area contributed by atoms with Gasteiger partial charge in [0.1, 0.15) is 24.7 Å². The Labute approximate surface area is 194 Å². The minimum absolute atomic E-state index is 0.0277. The molecule has 0 saturated carbocycles. The Kier molecular flexibility index (Phi) is 7.71. The Morgan fingerprint density at radius 2 is 1.64 bits per heavy atom. The number of benzene rings is 3. The van der Waals surface area contributed by atoms with Crippen LogP contribution in [0.3, 0.4) is 0 Å². The normalized spacial score (nSPS) is 12.1. The predicted molar refractivity (Wildman–Crippen MR) is 126 cm³/mol. The Hall–Kier alpha value is -3.39. The number of carbonyl (C=O) groups excluding carboxylic acids is 1. The van der Waals surface area contributed by atoms with Crippen molar-refractivity contribution in [3.8, 4) is 5.75 Å². The minimum atomic E-state index is -4.18. The molecule has 33 heavy (non-hydrogen) atoms. The lowest BCUT2D eigenvalue weighted by atomic mass is 10.2. The third kappa shape index (κ3) is 6.10. The molecule has 0 radical (unpaired) electrons. The Morgan fingerprint density at radius 3 is 2.30 bits per heavy atom. The largest absolute Gasteiger partial charge is 0.491 e. The second-order valence-electron chi connectivity index (χ2n) is 7.82.